The number of rotatable bonds is 4. The van der Waals surface area contributed by atoms with E-state index in [-0.39, 0.29) is 0 Å². The van der Waals surface area contributed by atoms with Crippen molar-refractivity contribution in [2.75, 3.05) is 6.26 Å². The predicted molar refractivity (Wildman–Crippen MR) is 62.7 cm³/mol. The molecule has 0 aromatic heterocycles. The van der Waals surface area contributed by atoms with Gasteiger partial charge in [-0.05, 0) is 37.3 Å². The fourth-order valence-electron chi connectivity index (χ4n) is 1.58. The summed E-state index contributed by atoms with van der Waals surface area (Å²) in [6, 6.07) is 8.15. The van der Waals surface area contributed by atoms with Crippen LogP contribution in [0.5, 0.6) is 0 Å². The maximum absolute atomic E-state index is 10.1. The zero-order valence-corrected chi connectivity index (χ0v) is 9.90. The van der Waals surface area contributed by atoms with Gasteiger partial charge in [0.15, 0.2) is 0 Å². The minimum atomic E-state index is -0.675. The van der Waals surface area contributed by atoms with Gasteiger partial charge >= 0.3 is 0 Å². The van der Waals surface area contributed by atoms with Crippen LogP contribution in [0.2, 0.25) is 0 Å². The molecule has 0 aliphatic rings. The third-order valence-corrected chi connectivity index (χ3v) is 3.19. The Morgan fingerprint density at radius 3 is 2.29 bits per heavy atom. The largest absolute Gasteiger partial charge is 0.385 e. The normalized spacial score (nSPS) is 15.1. The number of hydrogen-bond acceptors (Lipinski definition) is 2. The highest BCUT2D eigenvalue weighted by Gasteiger charge is 2.21. The van der Waals surface area contributed by atoms with Crippen molar-refractivity contribution < 1.29 is 5.11 Å². The van der Waals surface area contributed by atoms with Crippen LogP contribution in [0.3, 0.4) is 0 Å². The van der Waals surface area contributed by atoms with Crippen molar-refractivity contribution in [3.8, 4) is 0 Å². The summed E-state index contributed by atoms with van der Waals surface area (Å²) >= 11 is 1.72. The molecule has 1 aromatic rings. The zero-order chi connectivity index (χ0) is 10.6. The second kappa shape index (κ2) is 4.85. The minimum Gasteiger partial charge on any atom is -0.385 e. The van der Waals surface area contributed by atoms with Crippen LogP contribution in [-0.2, 0) is 5.60 Å². The maximum atomic E-state index is 10.1. The van der Waals surface area contributed by atoms with Crippen molar-refractivity contribution in [1.29, 1.82) is 0 Å². The van der Waals surface area contributed by atoms with Gasteiger partial charge in [0.05, 0.1) is 5.60 Å². The first-order chi connectivity index (χ1) is 6.60. The Hall–Kier alpha value is -0.470. The molecule has 1 nitrogen and oxygen atoms in total. The van der Waals surface area contributed by atoms with E-state index >= 15 is 0 Å². The molecule has 0 fully saturated rings. The van der Waals surface area contributed by atoms with Crippen LogP contribution in [-0.4, -0.2) is 11.4 Å². The van der Waals surface area contributed by atoms with E-state index in [0.717, 1.165) is 18.4 Å². The highest BCUT2D eigenvalue weighted by Crippen LogP contribution is 2.27. The van der Waals surface area contributed by atoms with Gasteiger partial charge in [0, 0.05) is 4.90 Å². The van der Waals surface area contributed by atoms with Crippen LogP contribution in [0, 0.1) is 0 Å². The Kier molecular flexibility index (Phi) is 4.02. The van der Waals surface area contributed by atoms with Crippen molar-refractivity contribution in [2.45, 2.75) is 37.2 Å². The van der Waals surface area contributed by atoms with Gasteiger partial charge in [0.25, 0.3) is 0 Å². The summed E-state index contributed by atoms with van der Waals surface area (Å²) in [7, 11) is 0. The van der Waals surface area contributed by atoms with Crippen LogP contribution >= 0.6 is 11.8 Å². The Labute approximate surface area is 90.5 Å². The van der Waals surface area contributed by atoms with Crippen LogP contribution < -0.4 is 0 Å². The fraction of sp³-hybridized carbons (Fsp3) is 0.500. The van der Waals surface area contributed by atoms with Gasteiger partial charge in [0.2, 0.25) is 0 Å². The van der Waals surface area contributed by atoms with E-state index in [1.807, 2.05) is 19.1 Å². The first kappa shape index (κ1) is 11.6. The van der Waals surface area contributed by atoms with Gasteiger partial charge in [-0.1, -0.05) is 25.5 Å². The molecular formula is C12H18OS. The monoisotopic (exact) mass is 210 g/mol. The molecule has 0 bridgehead atoms. The van der Waals surface area contributed by atoms with Gasteiger partial charge in [-0.25, -0.2) is 0 Å². The van der Waals surface area contributed by atoms with E-state index in [2.05, 4.69) is 25.3 Å². The Morgan fingerprint density at radius 1 is 1.29 bits per heavy atom. The molecule has 0 amide bonds. The number of hydrogen-bond donors (Lipinski definition) is 1. The van der Waals surface area contributed by atoms with E-state index in [4.69, 9.17) is 0 Å². The summed E-state index contributed by atoms with van der Waals surface area (Å²) < 4.78 is 0. The second-order valence-electron chi connectivity index (χ2n) is 3.75. The standard InChI is InChI=1S/C12H18OS/c1-4-9-12(2,13)10-5-7-11(14-3)8-6-10/h5-8,13H,4,9H2,1-3H3/t12-/m0/s1. The summed E-state index contributed by atoms with van der Waals surface area (Å²) in [4.78, 5) is 1.24. The molecule has 0 spiro atoms. The minimum absolute atomic E-state index is 0.675. The average molecular weight is 210 g/mol. The Morgan fingerprint density at radius 2 is 1.86 bits per heavy atom. The lowest BCUT2D eigenvalue weighted by molar-refractivity contribution is 0.0469. The molecule has 1 N–H and O–H groups in total. The molecule has 0 radical (unpaired) electrons. The van der Waals surface area contributed by atoms with Gasteiger partial charge in [-0.3, -0.25) is 0 Å². The molecule has 0 heterocycles. The molecule has 1 rings (SSSR count). The summed E-state index contributed by atoms with van der Waals surface area (Å²) in [5.41, 5.74) is 0.336. The molecule has 0 unspecified atom stereocenters. The van der Waals surface area contributed by atoms with Gasteiger partial charge in [-0.2, -0.15) is 0 Å². The lowest BCUT2D eigenvalue weighted by Gasteiger charge is -2.23. The molecule has 1 atom stereocenters. The van der Waals surface area contributed by atoms with Gasteiger partial charge < -0.3 is 5.11 Å². The quantitative estimate of drug-likeness (QED) is 0.768. The summed E-state index contributed by atoms with van der Waals surface area (Å²) in [5.74, 6) is 0. The van der Waals surface area contributed by atoms with Crippen molar-refractivity contribution >= 4 is 11.8 Å². The number of thioether (sulfide) groups is 1. The number of benzene rings is 1. The van der Waals surface area contributed by atoms with Gasteiger partial charge in [0.1, 0.15) is 0 Å². The van der Waals surface area contributed by atoms with E-state index in [0.29, 0.717) is 0 Å². The van der Waals surface area contributed by atoms with E-state index < -0.39 is 5.60 Å². The van der Waals surface area contributed by atoms with Gasteiger partial charge in [-0.15, -0.1) is 11.8 Å². The van der Waals surface area contributed by atoms with Crippen molar-refractivity contribution in [2.24, 2.45) is 0 Å². The molecule has 0 saturated heterocycles. The molecule has 14 heavy (non-hydrogen) atoms. The summed E-state index contributed by atoms with van der Waals surface area (Å²) in [6.07, 6.45) is 3.86. The lowest BCUT2D eigenvalue weighted by Crippen LogP contribution is -2.20. The molecule has 78 valence electrons. The Balaban J connectivity index is 2.85. The number of aliphatic hydroxyl groups is 1. The van der Waals surface area contributed by atoms with E-state index in [1.54, 1.807) is 11.8 Å². The van der Waals surface area contributed by atoms with Crippen LogP contribution in [0.25, 0.3) is 0 Å². The highest BCUT2D eigenvalue weighted by atomic mass is 32.2. The third kappa shape index (κ3) is 2.76. The SMILES string of the molecule is CCC[C@](C)(O)c1ccc(SC)cc1. The van der Waals surface area contributed by atoms with E-state index in [1.165, 1.54) is 4.90 Å². The van der Waals surface area contributed by atoms with Crippen LogP contribution in [0.1, 0.15) is 32.3 Å². The first-order valence-corrected chi connectivity index (χ1v) is 6.19. The van der Waals surface area contributed by atoms with Crippen molar-refractivity contribution in [3.05, 3.63) is 29.8 Å². The topological polar surface area (TPSA) is 20.2 Å². The van der Waals surface area contributed by atoms with Crippen LogP contribution in [0.15, 0.2) is 29.2 Å². The third-order valence-electron chi connectivity index (χ3n) is 2.45. The lowest BCUT2D eigenvalue weighted by atomic mass is 9.92. The fourth-order valence-corrected chi connectivity index (χ4v) is 1.99. The van der Waals surface area contributed by atoms with Crippen LogP contribution in [0.4, 0.5) is 0 Å². The predicted octanol–water partition coefficient (Wildman–Crippen LogP) is 3.42. The highest BCUT2D eigenvalue weighted by molar-refractivity contribution is 7.98. The molecule has 0 aliphatic heterocycles. The average Bonchev–Trinajstić information content (AvgIpc) is 2.18. The second-order valence-corrected chi connectivity index (χ2v) is 4.63. The maximum Gasteiger partial charge on any atom is 0.0868 e. The molecule has 2 heteroatoms. The Bertz CT molecular complexity index is 277. The van der Waals surface area contributed by atoms with Crippen molar-refractivity contribution in [3.63, 3.8) is 0 Å². The first-order valence-electron chi connectivity index (χ1n) is 4.97. The summed E-state index contributed by atoms with van der Waals surface area (Å²) in [6.45, 7) is 3.97. The van der Waals surface area contributed by atoms with Crippen molar-refractivity contribution in [1.82, 2.24) is 0 Å². The molecule has 1 aromatic carbocycles. The molecule has 0 aliphatic carbocycles. The molecular weight excluding hydrogens is 192 g/mol. The zero-order valence-electron chi connectivity index (χ0n) is 9.08. The summed E-state index contributed by atoms with van der Waals surface area (Å²) in [5, 5.41) is 10.1. The molecule has 0 saturated carbocycles. The smallest absolute Gasteiger partial charge is 0.0868 e. The van der Waals surface area contributed by atoms with E-state index in [9.17, 15) is 5.11 Å².